The number of unbranched alkanes of at least 4 members (excludes halogenated alkanes) is 2. The van der Waals surface area contributed by atoms with E-state index in [0.29, 0.717) is 30.2 Å². The van der Waals surface area contributed by atoms with E-state index in [1.807, 2.05) is 4.90 Å². The fourth-order valence-electron chi connectivity index (χ4n) is 3.57. The molecule has 3 heteroatoms. The second-order valence-electron chi connectivity index (χ2n) is 5.89. The summed E-state index contributed by atoms with van der Waals surface area (Å²) in [7, 11) is 0. The van der Waals surface area contributed by atoms with Crippen LogP contribution < -0.4 is 0 Å². The van der Waals surface area contributed by atoms with Crippen LogP contribution >= 0.6 is 0 Å². The van der Waals surface area contributed by atoms with E-state index in [4.69, 9.17) is 5.11 Å². The van der Waals surface area contributed by atoms with Crippen molar-refractivity contribution in [2.75, 3.05) is 19.7 Å². The summed E-state index contributed by atoms with van der Waals surface area (Å²) in [5.41, 5.74) is 0. The summed E-state index contributed by atoms with van der Waals surface area (Å²) >= 11 is 0. The van der Waals surface area contributed by atoms with Crippen LogP contribution in [-0.2, 0) is 4.79 Å². The summed E-state index contributed by atoms with van der Waals surface area (Å²) in [6.45, 7) is 3.63. The average Bonchev–Trinajstić information content (AvgIpc) is 3.11. The molecule has 0 radical (unpaired) electrons. The van der Waals surface area contributed by atoms with Gasteiger partial charge in [0.1, 0.15) is 0 Å². The number of amides is 1. The number of rotatable bonds is 7. The van der Waals surface area contributed by atoms with Crippen LogP contribution in [0.3, 0.4) is 0 Å². The van der Waals surface area contributed by atoms with Gasteiger partial charge in [-0.1, -0.05) is 32.6 Å². The molecule has 0 bridgehead atoms. The Morgan fingerprint density at radius 1 is 1.17 bits per heavy atom. The SMILES string of the molecule is CCCCCN(CCO)C(=O)C1C2CCCCC21. The van der Waals surface area contributed by atoms with Gasteiger partial charge in [0.15, 0.2) is 0 Å². The van der Waals surface area contributed by atoms with Crippen molar-refractivity contribution < 1.29 is 9.90 Å². The number of nitrogens with zero attached hydrogens (tertiary/aromatic N) is 1. The summed E-state index contributed by atoms with van der Waals surface area (Å²) in [6.07, 6.45) is 8.54. The van der Waals surface area contributed by atoms with Crippen molar-refractivity contribution in [3.63, 3.8) is 0 Å². The summed E-state index contributed by atoms with van der Waals surface area (Å²) in [5, 5.41) is 9.11. The van der Waals surface area contributed by atoms with E-state index >= 15 is 0 Å². The predicted octanol–water partition coefficient (Wildman–Crippen LogP) is 2.43. The van der Waals surface area contributed by atoms with Crippen LogP contribution in [0.15, 0.2) is 0 Å². The number of hydrogen-bond acceptors (Lipinski definition) is 2. The van der Waals surface area contributed by atoms with Crippen LogP contribution in [0.2, 0.25) is 0 Å². The summed E-state index contributed by atoms with van der Waals surface area (Å²) in [4.78, 5) is 14.4. The van der Waals surface area contributed by atoms with Crippen molar-refractivity contribution in [2.24, 2.45) is 17.8 Å². The molecule has 0 aromatic rings. The molecule has 0 heterocycles. The first-order valence-electron chi connectivity index (χ1n) is 7.69. The lowest BCUT2D eigenvalue weighted by Crippen LogP contribution is -2.36. The molecule has 1 N–H and O–H groups in total. The Balaban J connectivity index is 1.83. The van der Waals surface area contributed by atoms with Crippen molar-refractivity contribution in [3.05, 3.63) is 0 Å². The van der Waals surface area contributed by atoms with E-state index in [1.165, 1.54) is 38.5 Å². The third-order valence-electron chi connectivity index (χ3n) is 4.65. The van der Waals surface area contributed by atoms with Crippen molar-refractivity contribution in [2.45, 2.75) is 51.9 Å². The molecule has 2 rings (SSSR count). The molecule has 0 aromatic heterocycles. The maximum Gasteiger partial charge on any atom is 0.226 e. The van der Waals surface area contributed by atoms with Crippen molar-refractivity contribution in [1.29, 1.82) is 0 Å². The number of aliphatic hydroxyl groups excluding tert-OH is 1. The summed E-state index contributed by atoms with van der Waals surface area (Å²) in [6, 6.07) is 0. The van der Waals surface area contributed by atoms with Crippen LogP contribution in [0.1, 0.15) is 51.9 Å². The highest BCUT2D eigenvalue weighted by molar-refractivity contribution is 5.82. The fraction of sp³-hybridized carbons (Fsp3) is 0.933. The van der Waals surface area contributed by atoms with E-state index < -0.39 is 0 Å². The molecule has 0 aromatic carbocycles. The zero-order chi connectivity index (χ0) is 13.0. The molecule has 1 amide bonds. The van der Waals surface area contributed by atoms with Gasteiger partial charge in [-0.3, -0.25) is 4.79 Å². The van der Waals surface area contributed by atoms with E-state index in [1.54, 1.807) is 0 Å². The van der Waals surface area contributed by atoms with Gasteiger partial charge in [-0.25, -0.2) is 0 Å². The molecular weight excluding hydrogens is 226 g/mol. The summed E-state index contributed by atoms with van der Waals surface area (Å²) < 4.78 is 0. The normalized spacial score (nSPS) is 29.8. The van der Waals surface area contributed by atoms with Crippen molar-refractivity contribution in [1.82, 2.24) is 4.90 Å². The molecule has 2 saturated carbocycles. The van der Waals surface area contributed by atoms with Gasteiger partial charge in [0.2, 0.25) is 5.91 Å². The van der Waals surface area contributed by atoms with E-state index in [-0.39, 0.29) is 6.61 Å². The minimum Gasteiger partial charge on any atom is -0.395 e. The number of carbonyl (C=O) groups is 1. The number of fused-ring (bicyclic) bond motifs is 1. The minimum atomic E-state index is 0.0971. The van der Waals surface area contributed by atoms with Gasteiger partial charge in [-0.2, -0.15) is 0 Å². The third-order valence-corrected chi connectivity index (χ3v) is 4.65. The first-order chi connectivity index (χ1) is 8.79. The Kier molecular flexibility index (Phi) is 5.04. The highest BCUT2D eigenvalue weighted by atomic mass is 16.3. The summed E-state index contributed by atoms with van der Waals surface area (Å²) in [5.74, 6) is 2.00. The standard InChI is InChI=1S/C15H27NO2/c1-2-3-6-9-16(10-11-17)15(18)14-12-7-4-5-8-13(12)14/h12-14,17H,2-11H2,1H3. The van der Waals surface area contributed by atoms with E-state index in [2.05, 4.69) is 6.92 Å². The van der Waals surface area contributed by atoms with Crippen LogP contribution in [0.25, 0.3) is 0 Å². The van der Waals surface area contributed by atoms with Crippen molar-refractivity contribution in [3.8, 4) is 0 Å². The lowest BCUT2D eigenvalue weighted by Gasteiger charge is -2.22. The molecule has 2 atom stereocenters. The first-order valence-corrected chi connectivity index (χ1v) is 7.69. The molecule has 2 aliphatic rings. The van der Waals surface area contributed by atoms with Crippen LogP contribution in [-0.4, -0.2) is 35.6 Å². The van der Waals surface area contributed by atoms with E-state index in [0.717, 1.165) is 13.0 Å². The molecule has 0 aliphatic heterocycles. The maximum absolute atomic E-state index is 12.5. The lowest BCUT2D eigenvalue weighted by atomic mass is 10.0. The molecule has 2 fully saturated rings. The number of aliphatic hydroxyl groups is 1. The number of hydrogen-bond donors (Lipinski definition) is 1. The highest BCUT2D eigenvalue weighted by Gasteiger charge is 2.55. The molecule has 0 saturated heterocycles. The quantitative estimate of drug-likeness (QED) is 0.708. The largest absolute Gasteiger partial charge is 0.395 e. The Morgan fingerprint density at radius 2 is 1.83 bits per heavy atom. The highest BCUT2D eigenvalue weighted by Crippen LogP contribution is 2.56. The van der Waals surface area contributed by atoms with Crippen LogP contribution in [0.4, 0.5) is 0 Å². The second-order valence-corrected chi connectivity index (χ2v) is 5.89. The third kappa shape index (κ3) is 3.05. The van der Waals surface area contributed by atoms with Gasteiger partial charge in [0, 0.05) is 19.0 Å². The zero-order valence-corrected chi connectivity index (χ0v) is 11.6. The van der Waals surface area contributed by atoms with Crippen molar-refractivity contribution >= 4 is 5.91 Å². The van der Waals surface area contributed by atoms with Gasteiger partial charge in [0.25, 0.3) is 0 Å². The molecule has 2 unspecified atom stereocenters. The number of carbonyl (C=O) groups excluding carboxylic acids is 1. The molecule has 18 heavy (non-hydrogen) atoms. The Morgan fingerprint density at radius 3 is 2.39 bits per heavy atom. The predicted molar refractivity (Wildman–Crippen MR) is 72.1 cm³/mol. The first kappa shape index (κ1) is 13.9. The van der Waals surface area contributed by atoms with Gasteiger partial charge < -0.3 is 10.0 Å². The Labute approximate surface area is 111 Å². The Hall–Kier alpha value is -0.570. The van der Waals surface area contributed by atoms with Gasteiger partial charge in [-0.15, -0.1) is 0 Å². The lowest BCUT2D eigenvalue weighted by molar-refractivity contribution is -0.133. The van der Waals surface area contributed by atoms with Gasteiger partial charge in [0.05, 0.1) is 6.61 Å². The fourth-order valence-corrected chi connectivity index (χ4v) is 3.57. The zero-order valence-electron chi connectivity index (χ0n) is 11.6. The van der Waals surface area contributed by atoms with Gasteiger partial charge >= 0.3 is 0 Å². The molecule has 3 nitrogen and oxygen atoms in total. The second kappa shape index (κ2) is 6.55. The van der Waals surface area contributed by atoms with E-state index in [9.17, 15) is 4.79 Å². The Bertz CT molecular complexity index is 268. The monoisotopic (exact) mass is 253 g/mol. The molecular formula is C15H27NO2. The molecule has 2 aliphatic carbocycles. The molecule has 104 valence electrons. The molecule has 0 spiro atoms. The maximum atomic E-state index is 12.5. The van der Waals surface area contributed by atoms with Crippen LogP contribution in [0.5, 0.6) is 0 Å². The minimum absolute atomic E-state index is 0.0971. The smallest absolute Gasteiger partial charge is 0.226 e. The van der Waals surface area contributed by atoms with Gasteiger partial charge in [-0.05, 0) is 31.1 Å². The average molecular weight is 253 g/mol. The van der Waals surface area contributed by atoms with Crippen LogP contribution in [0, 0.1) is 17.8 Å². The topological polar surface area (TPSA) is 40.5 Å².